The second kappa shape index (κ2) is 8.72. The Morgan fingerprint density at radius 2 is 1.04 bits per heavy atom. The minimum absolute atomic E-state index is 0.165. The molecule has 0 radical (unpaired) electrons. The van der Waals surface area contributed by atoms with Crippen molar-refractivity contribution in [2.45, 2.75) is 6.04 Å². The zero-order chi connectivity index (χ0) is 31.4. The molecule has 4 aliphatic rings. The van der Waals surface area contributed by atoms with Crippen molar-refractivity contribution in [3.63, 3.8) is 0 Å². The lowest BCUT2D eigenvalue weighted by Gasteiger charge is -2.39. The first kappa shape index (κ1) is 25.6. The number of rotatable bonds is 1. The molecule has 1 N–H and O–H groups in total. The van der Waals surface area contributed by atoms with Crippen LogP contribution in [0.2, 0.25) is 0 Å². The van der Waals surface area contributed by atoms with E-state index < -0.39 is 0 Å². The van der Waals surface area contributed by atoms with Crippen molar-refractivity contribution in [2.75, 3.05) is 14.1 Å². The van der Waals surface area contributed by atoms with Crippen LogP contribution in [-0.4, -0.2) is 33.2 Å². The normalized spacial score (nSPS) is 16.8. The van der Waals surface area contributed by atoms with Crippen LogP contribution in [0.1, 0.15) is 28.3 Å². The Hall–Kier alpha value is -5.44. The van der Waals surface area contributed by atoms with Crippen molar-refractivity contribution in [1.29, 1.82) is 0 Å². The number of hydrogen-bond donors (Lipinski definition) is 1. The van der Waals surface area contributed by atoms with Gasteiger partial charge in [0.05, 0.1) is 11.8 Å². The minimum Gasteiger partial charge on any atom is -0.309 e. The molecule has 0 saturated carbocycles. The summed E-state index contributed by atoms with van der Waals surface area (Å²) in [5, 5.41) is 12.0. The van der Waals surface area contributed by atoms with Gasteiger partial charge in [-0.3, -0.25) is 4.99 Å². The van der Waals surface area contributed by atoms with Crippen LogP contribution in [0.3, 0.4) is 0 Å². The van der Waals surface area contributed by atoms with Gasteiger partial charge in [0.25, 0.3) is 0 Å². The third-order valence-electron chi connectivity index (χ3n) is 12.2. The summed E-state index contributed by atoms with van der Waals surface area (Å²) in [5.41, 5.74) is 20.4. The van der Waals surface area contributed by atoms with Gasteiger partial charge in [-0.05, 0) is 83.9 Å². The fraction of sp³-hybridized carbons (Fsp3) is 0.0682. The van der Waals surface area contributed by atoms with Gasteiger partial charge in [-0.2, -0.15) is 0 Å². The summed E-state index contributed by atoms with van der Waals surface area (Å²) in [7, 11) is 4.03. The van der Waals surface area contributed by atoms with Crippen molar-refractivity contribution >= 4 is 84.2 Å². The molecule has 4 heterocycles. The van der Waals surface area contributed by atoms with Crippen molar-refractivity contribution in [2.24, 2.45) is 4.99 Å². The van der Waals surface area contributed by atoms with E-state index in [2.05, 4.69) is 134 Å². The Bertz CT molecular complexity index is 2810. The third kappa shape index (κ3) is 2.80. The Morgan fingerprint density at radius 3 is 1.75 bits per heavy atom. The average molecular weight is 606 g/mol. The second-order valence-corrected chi connectivity index (χ2v) is 14.1. The number of nitrogens with one attached hydrogen (secondary N) is 1. The lowest BCUT2D eigenvalue weighted by Crippen LogP contribution is -2.61. The molecule has 8 aromatic rings. The van der Waals surface area contributed by atoms with Gasteiger partial charge in [0, 0.05) is 7.05 Å². The molecule has 0 saturated heterocycles. The first-order chi connectivity index (χ1) is 23.8. The fourth-order valence-electron chi connectivity index (χ4n) is 10.5. The van der Waals surface area contributed by atoms with Gasteiger partial charge in [-0.15, -0.1) is 0 Å². The molecule has 0 bridgehead atoms. The number of aliphatic imine (C=N–C) groups is 1. The maximum atomic E-state index is 4.86. The highest BCUT2D eigenvalue weighted by atomic mass is 14.9. The Labute approximate surface area is 279 Å². The van der Waals surface area contributed by atoms with Crippen LogP contribution in [0.15, 0.2) is 126 Å². The largest absolute Gasteiger partial charge is 0.309 e. The molecule has 8 aromatic carbocycles. The molecule has 0 aliphatic carbocycles. The molecule has 0 spiro atoms. The second-order valence-electron chi connectivity index (χ2n) is 14.1. The molecule has 1 unspecified atom stereocenters. The summed E-state index contributed by atoms with van der Waals surface area (Å²) in [6.45, 7) is 0.365. The van der Waals surface area contributed by atoms with Gasteiger partial charge in [-0.25, -0.2) is 0 Å². The highest BCUT2D eigenvalue weighted by Gasteiger charge is 2.43. The lowest BCUT2D eigenvalue weighted by atomic mass is 9.29. The number of hydrogen-bond acceptors (Lipinski definition) is 2. The molecular weight excluding hydrogens is 578 g/mol. The third-order valence-corrected chi connectivity index (χ3v) is 12.2. The topological polar surface area (TPSA) is 24.4 Å². The van der Waals surface area contributed by atoms with E-state index in [1.54, 1.807) is 0 Å². The quantitative estimate of drug-likeness (QED) is 0.207. The van der Waals surface area contributed by atoms with Gasteiger partial charge >= 0.3 is 0 Å². The molecule has 220 valence electrons. The van der Waals surface area contributed by atoms with Crippen LogP contribution < -0.4 is 38.1 Å². The monoisotopic (exact) mass is 606 g/mol. The van der Waals surface area contributed by atoms with Crippen molar-refractivity contribution < 1.29 is 0 Å². The predicted octanol–water partition coefficient (Wildman–Crippen LogP) is 4.98. The highest BCUT2D eigenvalue weighted by molar-refractivity contribution is 7.02. The molecule has 0 fully saturated rings. The Morgan fingerprint density at radius 1 is 0.479 bits per heavy atom. The molecule has 1 atom stereocenters. The molecular formula is C44H28B2N2. The first-order valence-electron chi connectivity index (χ1n) is 17.1. The van der Waals surface area contributed by atoms with E-state index in [0.717, 1.165) is 5.71 Å². The van der Waals surface area contributed by atoms with Crippen LogP contribution in [0.4, 0.5) is 0 Å². The van der Waals surface area contributed by atoms with E-state index in [4.69, 9.17) is 4.99 Å². The van der Waals surface area contributed by atoms with Gasteiger partial charge in [-0.1, -0.05) is 154 Å². The van der Waals surface area contributed by atoms with E-state index in [1.165, 1.54) is 110 Å². The SMILES string of the molecule is CN=C1c2ccccc2B2c3c1cccc3-c1ccc3cc4c5c(ccc6cc2c1c3c65)-c1cccc2c1B4c1ccccc1C2NC. The van der Waals surface area contributed by atoms with Crippen LogP contribution >= 0.6 is 0 Å². The van der Waals surface area contributed by atoms with Crippen molar-refractivity contribution in [3.05, 3.63) is 144 Å². The maximum Gasteiger partial charge on any atom is 0.244 e. The summed E-state index contributed by atoms with van der Waals surface area (Å²) in [6, 6.07) is 46.8. The van der Waals surface area contributed by atoms with Crippen LogP contribution in [0, 0.1) is 0 Å². The summed E-state index contributed by atoms with van der Waals surface area (Å²) >= 11 is 0. The smallest absolute Gasteiger partial charge is 0.244 e. The molecule has 2 nitrogen and oxygen atoms in total. The van der Waals surface area contributed by atoms with E-state index in [1.807, 2.05) is 7.05 Å². The standard InChI is InChI=1S/C44H28B2N2/c1-47-43-29-9-3-5-15-33(29)45-35-21-23-18-20-26-28-12-8-14-32-42(28)46(34-16-6-4-10-30(34)44(32)48-2)36-22-24-17-19-25(27-11-7-13-31(43)41(27)45)39(35)37(24)38(23)40(26)36/h3-22,43,47H,1-2H3. The average Bonchev–Trinajstić information content (AvgIpc) is 3.14. The van der Waals surface area contributed by atoms with Crippen LogP contribution in [-0.2, 0) is 0 Å². The predicted molar refractivity (Wildman–Crippen MR) is 206 cm³/mol. The van der Waals surface area contributed by atoms with Crippen molar-refractivity contribution in [1.82, 2.24) is 5.32 Å². The van der Waals surface area contributed by atoms with Gasteiger partial charge < -0.3 is 5.32 Å². The zero-order valence-electron chi connectivity index (χ0n) is 26.7. The van der Waals surface area contributed by atoms with E-state index in [-0.39, 0.29) is 19.5 Å². The van der Waals surface area contributed by atoms with E-state index >= 15 is 0 Å². The highest BCUT2D eigenvalue weighted by Crippen LogP contribution is 2.45. The minimum atomic E-state index is 0.165. The van der Waals surface area contributed by atoms with E-state index in [9.17, 15) is 0 Å². The first-order valence-corrected chi connectivity index (χ1v) is 17.1. The van der Waals surface area contributed by atoms with E-state index in [0.29, 0.717) is 0 Å². The molecule has 48 heavy (non-hydrogen) atoms. The van der Waals surface area contributed by atoms with Crippen molar-refractivity contribution in [3.8, 4) is 22.3 Å². The van der Waals surface area contributed by atoms with Crippen LogP contribution in [0.25, 0.3) is 54.6 Å². The lowest BCUT2D eigenvalue weighted by molar-refractivity contribution is 0.696. The maximum absolute atomic E-state index is 4.86. The molecule has 4 heteroatoms. The molecule has 4 aliphatic heterocycles. The fourth-order valence-corrected chi connectivity index (χ4v) is 10.5. The van der Waals surface area contributed by atoms with Gasteiger partial charge in [0.1, 0.15) is 0 Å². The Balaban J connectivity index is 1.26. The van der Waals surface area contributed by atoms with Gasteiger partial charge in [0.15, 0.2) is 0 Å². The zero-order valence-corrected chi connectivity index (χ0v) is 26.7. The van der Waals surface area contributed by atoms with Gasteiger partial charge in [0.2, 0.25) is 13.4 Å². The Kier molecular flexibility index (Phi) is 4.65. The molecule has 0 aromatic heterocycles. The molecule has 12 rings (SSSR count). The number of nitrogens with zero attached hydrogens (tertiary/aromatic N) is 1. The number of benzene rings is 8. The summed E-state index contributed by atoms with van der Waals surface area (Å²) < 4.78 is 0. The summed E-state index contributed by atoms with van der Waals surface area (Å²) in [5.74, 6) is 0. The summed E-state index contributed by atoms with van der Waals surface area (Å²) in [4.78, 5) is 4.86. The number of fused-ring (bicyclic) bond motifs is 8. The summed E-state index contributed by atoms with van der Waals surface area (Å²) in [6.07, 6.45) is 0. The molecule has 0 amide bonds. The van der Waals surface area contributed by atoms with Crippen LogP contribution in [0.5, 0.6) is 0 Å².